The predicted molar refractivity (Wildman–Crippen MR) is 69.8 cm³/mol. The average Bonchev–Trinajstić information content (AvgIpc) is 2.35. The standard InChI is InChI=1S/C12H26O3Si/c1-7-11(12(13-5)14-6)15-16(8-2,9-3)10-4/h7,12H,8-10H2,1-6H3/b11-7-. The highest BCUT2D eigenvalue weighted by molar-refractivity contribution is 6.73. The van der Waals surface area contributed by atoms with Gasteiger partial charge in [-0.1, -0.05) is 20.8 Å². The van der Waals surface area contributed by atoms with Crippen LogP contribution in [0.25, 0.3) is 0 Å². The van der Waals surface area contributed by atoms with Gasteiger partial charge in [0, 0.05) is 14.2 Å². The van der Waals surface area contributed by atoms with Gasteiger partial charge in [-0.05, 0) is 31.1 Å². The molecule has 0 unspecified atom stereocenters. The Morgan fingerprint density at radius 2 is 1.50 bits per heavy atom. The number of ether oxygens (including phenoxy) is 2. The van der Waals surface area contributed by atoms with Crippen LogP contribution in [0, 0.1) is 0 Å². The molecule has 0 fully saturated rings. The molecule has 0 amide bonds. The highest BCUT2D eigenvalue weighted by Crippen LogP contribution is 2.26. The lowest BCUT2D eigenvalue weighted by molar-refractivity contribution is -0.0944. The Bertz CT molecular complexity index is 200. The molecule has 0 saturated heterocycles. The smallest absolute Gasteiger partial charge is 0.250 e. The number of methoxy groups -OCH3 is 2. The second kappa shape index (κ2) is 7.87. The van der Waals surface area contributed by atoms with Crippen LogP contribution < -0.4 is 0 Å². The minimum Gasteiger partial charge on any atom is -0.543 e. The SMILES string of the molecule is C/C=C(\O[Si](CC)(CC)CC)C(OC)OC. The molecule has 3 nitrogen and oxygen atoms in total. The molecule has 0 radical (unpaired) electrons. The third-order valence-corrected chi connectivity index (χ3v) is 7.75. The normalized spacial score (nSPS) is 13.3. The lowest BCUT2D eigenvalue weighted by Gasteiger charge is -2.32. The van der Waals surface area contributed by atoms with Gasteiger partial charge in [0.15, 0.2) is 0 Å². The summed E-state index contributed by atoms with van der Waals surface area (Å²) >= 11 is 0. The van der Waals surface area contributed by atoms with Crippen molar-refractivity contribution in [3.05, 3.63) is 11.8 Å². The van der Waals surface area contributed by atoms with Crippen LogP contribution in [0.3, 0.4) is 0 Å². The molecule has 0 aromatic carbocycles. The summed E-state index contributed by atoms with van der Waals surface area (Å²) in [5.74, 6) is 0.821. The van der Waals surface area contributed by atoms with Gasteiger partial charge in [-0.25, -0.2) is 0 Å². The van der Waals surface area contributed by atoms with E-state index in [9.17, 15) is 0 Å². The minimum atomic E-state index is -1.63. The van der Waals surface area contributed by atoms with Gasteiger partial charge in [-0.15, -0.1) is 0 Å². The predicted octanol–water partition coefficient (Wildman–Crippen LogP) is 3.53. The molecule has 96 valence electrons. The molecular formula is C12H26O3Si. The molecule has 0 aromatic heterocycles. The Labute approximate surface area is 101 Å². The third-order valence-electron chi connectivity index (χ3n) is 3.21. The van der Waals surface area contributed by atoms with E-state index in [1.165, 1.54) is 0 Å². The summed E-state index contributed by atoms with van der Waals surface area (Å²) in [4.78, 5) is 0. The topological polar surface area (TPSA) is 27.7 Å². The highest BCUT2D eigenvalue weighted by atomic mass is 28.4. The Kier molecular flexibility index (Phi) is 7.71. The summed E-state index contributed by atoms with van der Waals surface area (Å²) in [6.45, 7) is 8.59. The fourth-order valence-electron chi connectivity index (χ4n) is 1.79. The molecule has 0 aliphatic carbocycles. The van der Waals surface area contributed by atoms with Crippen LogP contribution in [0.1, 0.15) is 27.7 Å². The second-order valence-electron chi connectivity index (χ2n) is 3.84. The first-order chi connectivity index (χ1) is 7.62. The second-order valence-corrected chi connectivity index (χ2v) is 8.53. The molecule has 0 aliphatic rings. The van der Waals surface area contributed by atoms with Crippen molar-refractivity contribution in [2.75, 3.05) is 14.2 Å². The lowest BCUT2D eigenvalue weighted by atomic mass is 10.4. The van der Waals surface area contributed by atoms with E-state index in [0.717, 1.165) is 23.9 Å². The summed E-state index contributed by atoms with van der Waals surface area (Å²) in [5, 5.41) is 0. The summed E-state index contributed by atoms with van der Waals surface area (Å²) in [6.07, 6.45) is 1.57. The Morgan fingerprint density at radius 1 is 1.06 bits per heavy atom. The van der Waals surface area contributed by atoms with E-state index in [1.807, 2.05) is 13.0 Å². The van der Waals surface area contributed by atoms with Crippen molar-refractivity contribution in [3.8, 4) is 0 Å². The van der Waals surface area contributed by atoms with Crippen molar-refractivity contribution < 1.29 is 13.9 Å². The monoisotopic (exact) mass is 246 g/mol. The first-order valence-electron chi connectivity index (χ1n) is 6.03. The van der Waals surface area contributed by atoms with Crippen molar-refractivity contribution in [2.45, 2.75) is 52.1 Å². The van der Waals surface area contributed by atoms with Gasteiger partial charge in [0.1, 0.15) is 5.76 Å². The summed E-state index contributed by atoms with van der Waals surface area (Å²) in [7, 11) is 1.64. The van der Waals surface area contributed by atoms with E-state index in [2.05, 4.69) is 20.8 Å². The van der Waals surface area contributed by atoms with Crippen LogP contribution in [0.2, 0.25) is 18.1 Å². The van der Waals surface area contributed by atoms with Crippen molar-refractivity contribution in [1.82, 2.24) is 0 Å². The van der Waals surface area contributed by atoms with Gasteiger partial charge >= 0.3 is 0 Å². The highest BCUT2D eigenvalue weighted by Gasteiger charge is 2.33. The number of rotatable bonds is 8. The maximum Gasteiger partial charge on any atom is 0.250 e. The molecule has 4 heteroatoms. The largest absolute Gasteiger partial charge is 0.543 e. The van der Waals surface area contributed by atoms with Gasteiger partial charge in [0.25, 0.3) is 0 Å². The minimum absolute atomic E-state index is 0.374. The van der Waals surface area contributed by atoms with Crippen LogP contribution in [0.15, 0.2) is 11.8 Å². The summed E-state index contributed by atoms with van der Waals surface area (Å²) < 4.78 is 16.7. The number of hydrogen-bond donors (Lipinski definition) is 0. The van der Waals surface area contributed by atoms with Gasteiger partial charge in [-0.2, -0.15) is 0 Å². The van der Waals surface area contributed by atoms with Crippen LogP contribution in [-0.4, -0.2) is 28.8 Å². The summed E-state index contributed by atoms with van der Waals surface area (Å²) in [6, 6.07) is 3.37. The van der Waals surface area contributed by atoms with Crippen LogP contribution in [-0.2, 0) is 13.9 Å². The molecule has 0 aliphatic heterocycles. The molecule has 0 spiro atoms. The quantitative estimate of drug-likeness (QED) is 0.372. The van der Waals surface area contributed by atoms with Crippen LogP contribution >= 0.6 is 0 Å². The maximum absolute atomic E-state index is 6.23. The van der Waals surface area contributed by atoms with E-state index < -0.39 is 8.32 Å². The van der Waals surface area contributed by atoms with Crippen molar-refractivity contribution in [3.63, 3.8) is 0 Å². The van der Waals surface area contributed by atoms with E-state index in [4.69, 9.17) is 13.9 Å². The fourth-order valence-corrected chi connectivity index (χ4v) is 4.44. The fraction of sp³-hybridized carbons (Fsp3) is 0.833. The average molecular weight is 246 g/mol. The van der Waals surface area contributed by atoms with Gasteiger partial charge < -0.3 is 13.9 Å². The molecular weight excluding hydrogens is 220 g/mol. The van der Waals surface area contributed by atoms with Gasteiger partial charge in [0.05, 0.1) is 0 Å². The molecule has 16 heavy (non-hydrogen) atoms. The van der Waals surface area contributed by atoms with Gasteiger partial charge in [-0.3, -0.25) is 0 Å². The first kappa shape index (κ1) is 15.7. The molecule has 0 rings (SSSR count). The molecule has 0 N–H and O–H groups in total. The molecule has 0 aromatic rings. The Hall–Kier alpha value is -0.323. The van der Waals surface area contributed by atoms with Gasteiger partial charge in [0.2, 0.25) is 14.6 Å². The molecule has 0 atom stereocenters. The van der Waals surface area contributed by atoms with E-state index in [1.54, 1.807) is 14.2 Å². The summed E-state index contributed by atoms with van der Waals surface area (Å²) in [5.41, 5.74) is 0. The molecule has 0 heterocycles. The lowest BCUT2D eigenvalue weighted by Crippen LogP contribution is -2.38. The number of allylic oxidation sites excluding steroid dienone is 1. The first-order valence-corrected chi connectivity index (χ1v) is 8.56. The van der Waals surface area contributed by atoms with Crippen molar-refractivity contribution in [2.24, 2.45) is 0 Å². The van der Waals surface area contributed by atoms with E-state index in [0.29, 0.717) is 0 Å². The number of hydrogen-bond acceptors (Lipinski definition) is 3. The van der Waals surface area contributed by atoms with Crippen LogP contribution in [0.4, 0.5) is 0 Å². The third kappa shape index (κ3) is 3.92. The molecule has 0 saturated carbocycles. The zero-order chi connectivity index (χ0) is 12.6. The molecule has 0 bridgehead atoms. The van der Waals surface area contributed by atoms with Crippen LogP contribution in [0.5, 0.6) is 0 Å². The Morgan fingerprint density at radius 3 is 1.75 bits per heavy atom. The van der Waals surface area contributed by atoms with Crippen molar-refractivity contribution in [1.29, 1.82) is 0 Å². The zero-order valence-corrected chi connectivity index (χ0v) is 12.5. The zero-order valence-electron chi connectivity index (χ0n) is 11.5. The van der Waals surface area contributed by atoms with E-state index >= 15 is 0 Å². The van der Waals surface area contributed by atoms with Crippen molar-refractivity contribution >= 4 is 8.32 Å². The maximum atomic E-state index is 6.23. The Balaban J connectivity index is 4.75. The van der Waals surface area contributed by atoms with E-state index in [-0.39, 0.29) is 6.29 Å².